The van der Waals surface area contributed by atoms with E-state index in [2.05, 4.69) is 71.4 Å². The van der Waals surface area contributed by atoms with E-state index in [9.17, 15) is 5.11 Å². The highest BCUT2D eigenvalue weighted by Crippen LogP contribution is 2.32. The molecule has 2 N–H and O–H groups in total. The number of hydrogen-bond acceptors (Lipinski definition) is 2. The van der Waals surface area contributed by atoms with E-state index >= 15 is 0 Å². The lowest BCUT2D eigenvalue weighted by atomic mass is 10.0. The highest BCUT2D eigenvalue weighted by Gasteiger charge is 2.11. The first-order valence-electron chi connectivity index (χ1n) is 9.70. The predicted octanol–water partition coefficient (Wildman–Crippen LogP) is 6.29. The quantitative estimate of drug-likeness (QED) is 0.392. The van der Waals surface area contributed by atoms with Gasteiger partial charge in [0.25, 0.3) is 0 Å². The van der Waals surface area contributed by atoms with Crippen molar-refractivity contribution in [1.29, 1.82) is 0 Å². The summed E-state index contributed by atoms with van der Waals surface area (Å²) in [5.74, 6) is 0.329. The van der Waals surface area contributed by atoms with Gasteiger partial charge in [-0.15, -0.1) is 0 Å². The second-order valence-electron chi connectivity index (χ2n) is 7.13. The summed E-state index contributed by atoms with van der Waals surface area (Å²) in [5.41, 5.74) is 4.50. The minimum atomic E-state index is 0.329. The molecule has 0 spiro atoms. The maximum absolute atomic E-state index is 10.4. The molecule has 0 radical (unpaired) electrons. The summed E-state index contributed by atoms with van der Waals surface area (Å²) in [6.07, 6.45) is 0. The molecule has 1 aromatic heterocycles. The van der Waals surface area contributed by atoms with E-state index in [0.29, 0.717) is 12.3 Å². The standard InChI is InChI=1S/C25H22N2O/c1-2-27-23-10-6-5-9-20(23)21-15-18(12-13-24(21)27)26-16-22-19-8-4-3-7-17(19)11-14-25(22)28/h3-15,26,28H,2,16H2,1H3. The number of para-hydroxylation sites is 1. The lowest BCUT2D eigenvalue weighted by molar-refractivity contribution is 0.470. The lowest BCUT2D eigenvalue weighted by Gasteiger charge is -2.12. The van der Waals surface area contributed by atoms with Gasteiger partial charge in [0.2, 0.25) is 0 Å². The van der Waals surface area contributed by atoms with E-state index in [1.165, 1.54) is 21.8 Å². The van der Waals surface area contributed by atoms with Crippen LogP contribution < -0.4 is 5.32 Å². The van der Waals surface area contributed by atoms with Crippen LogP contribution >= 0.6 is 0 Å². The van der Waals surface area contributed by atoms with E-state index in [1.807, 2.05) is 18.2 Å². The third-order valence-electron chi connectivity index (χ3n) is 5.57. The van der Waals surface area contributed by atoms with E-state index in [0.717, 1.165) is 28.6 Å². The first kappa shape index (κ1) is 16.7. The molecular formula is C25H22N2O. The first-order chi connectivity index (χ1) is 13.8. The molecule has 0 saturated heterocycles. The summed E-state index contributed by atoms with van der Waals surface area (Å²) in [4.78, 5) is 0. The number of phenolic OH excluding ortho intramolecular Hbond substituents is 1. The SMILES string of the molecule is CCn1c2ccccc2c2cc(NCc3c(O)ccc4ccccc34)ccc21. The predicted molar refractivity (Wildman–Crippen MR) is 118 cm³/mol. The number of aryl methyl sites for hydroxylation is 1. The summed E-state index contributed by atoms with van der Waals surface area (Å²) in [6, 6.07) is 27.0. The summed E-state index contributed by atoms with van der Waals surface area (Å²) in [6.45, 7) is 3.70. The van der Waals surface area contributed by atoms with E-state index < -0.39 is 0 Å². The number of anilines is 1. The molecule has 0 fully saturated rings. The normalized spacial score (nSPS) is 11.5. The van der Waals surface area contributed by atoms with Gasteiger partial charge in [-0.05, 0) is 48.0 Å². The Morgan fingerprint density at radius 2 is 1.54 bits per heavy atom. The molecule has 138 valence electrons. The fourth-order valence-corrected chi connectivity index (χ4v) is 4.21. The number of hydrogen-bond donors (Lipinski definition) is 2. The summed E-state index contributed by atoms with van der Waals surface area (Å²) in [7, 11) is 0. The van der Waals surface area contributed by atoms with Gasteiger partial charge in [-0.25, -0.2) is 0 Å². The van der Waals surface area contributed by atoms with Crippen LogP contribution in [0.2, 0.25) is 0 Å². The van der Waals surface area contributed by atoms with E-state index in [-0.39, 0.29) is 0 Å². The van der Waals surface area contributed by atoms with Gasteiger partial charge in [-0.3, -0.25) is 0 Å². The van der Waals surface area contributed by atoms with Gasteiger partial charge in [0.1, 0.15) is 5.75 Å². The smallest absolute Gasteiger partial charge is 0.121 e. The Kier molecular flexibility index (Phi) is 3.94. The first-order valence-corrected chi connectivity index (χ1v) is 9.70. The number of nitrogens with zero attached hydrogens (tertiary/aromatic N) is 1. The van der Waals surface area contributed by atoms with Crippen LogP contribution in [0.4, 0.5) is 5.69 Å². The number of rotatable bonds is 4. The van der Waals surface area contributed by atoms with Crippen molar-refractivity contribution in [2.45, 2.75) is 20.0 Å². The molecule has 0 bridgehead atoms. The van der Waals surface area contributed by atoms with Crippen molar-refractivity contribution in [3.8, 4) is 5.75 Å². The van der Waals surface area contributed by atoms with Gasteiger partial charge in [0, 0.05) is 46.1 Å². The Morgan fingerprint density at radius 1 is 0.786 bits per heavy atom. The Hall–Kier alpha value is -3.46. The van der Waals surface area contributed by atoms with Crippen molar-refractivity contribution in [1.82, 2.24) is 4.57 Å². The van der Waals surface area contributed by atoms with Gasteiger partial charge in [-0.1, -0.05) is 48.5 Å². The van der Waals surface area contributed by atoms with Crippen LogP contribution in [0.3, 0.4) is 0 Å². The Morgan fingerprint density at radius 3 is 2.39 bits per heavy atom. The fourth-order valence-electron chi connectivity index (χ4n) is 4.21. The average molecular weight is 366 g/mol. The number of aromatic hydroxyl groups is 1. The molecule has 0 unspecified atom stereocenters. The van der Waals surface area contributed by atoms with Crippen molar-refractivity contribution in [3.05, 3.63) is 84.4 Å². The fraction of sp³-hybridized carbons (Fsp3) is 0.120. The van der Waals surface area contributed by atoms with Gasteiger partial charge >= 0.3 is 0 Å². The molecular weight excluding hydrogens is 344 g/mol. The third kappa shape index (κ3) is 2.59. The number of benzene rings is 4. The van der Waals surface area contributed by atoms with Crippen LogP contribution in [-0.2, 0) is 13.1 Å². The molecule has 28 heavy (non-hydrogen) atoms. The zero-order valence-corrected chi connectivity index (χ0v) is 15.8. The van der Waals surface area contributed by atoms with E-state index in [4.69, 9.17) is 0 Å². The molecule has 1 heterocycles. The van der Waals surface area contributed by atoms with Crippen molar-refractivity contribution >= 4 is 38.3 Å². The molecule has 3 heteroatoms. The van der Waals surface area contributed by atoms with Gasteiger partial charge in [-0.2, -0.15) is 0 Å². The average Bonchev–Trinajstić information content (AvgIpc) is 3.06. The number of nitrogens with one attached hydrogen (secondary N) is 1. The van der Waals surface area contributed by atoms with Crippen LogP contribution in [0.1, 0.15) is 12.5 Å². The summed E-state index contributed by atoms with van der Waals surface area (Å²) >= 11 is 0. The molecule has 0 amide bonds. The zero-order chi connectivity index (χ0) is 19.1. The van der Waals surface area contributed by atoms with Gasteiger partial charge in [0.15, 0.2) is 0 Å². The molecule has 4 aromatic carbocycles. The Bertz CT molecular complexity index is 1320. The maximum atomic E-state index is 10.4. The number of aromatic nitrogens is 1. The van der Waals surface area contributed by atoms with Crippen molar-refractivity contribution in [2.75, 3.05) is 5.32 Å². The van der Waals surface area contributed by atoms with Crippen molar-refractivity contribution < 1.29 is 5.11 Å². The lowest BCUT2D eigenvalue weighted by Crippen LogP contribution is -2.01. The highest BCUT2D eigenvalue weighted by atomic mass is 16.3. The Balaban J connectivity index is 1.55. The zero-order valence-electron chi connectivity index (χ0n) is 15.8. The Labute approximate surface area is 163 Å². The topological polar surface area (TPSA) is 37.2 Å². The molecule has 0 aliphatic rings. The van der Waals surface area contributed by atoms with Crippen LogP contribution in [-0.4, -0.2) is 9.67 Å². The molecule has 5 rings (SSSR count). The van der Waals surface area contributed by atoms with E-state index in [1.54, 1.807) is 6.07 Å². The highest BCUT2D eigenvalue weighted by molar-refractivity contribution is 6.09. The molecule has 0 aliphatic carbocycles. The van der Waals surface area contributed by atoms with Crippen LogP contribution in [0.25, 0.3) is 32.6 Å². The third-order valence-corrected chi connectivity index (χ3v) is 5.57. The van der Waals surface area contributed by atoms with Gasteiger partial charge < -0.3 is 15.0 Å². The minimum absolute atomic E-state index is 0.329. The second-order valence-corrected chi connectivity index (χ2v) is 7.13. The van der Waals surface area contributed by atoms with Crippen molar-refractivity contribution in [3.63, 3.8) is 0 Å². The summed E-state index contributed by atoms with van der Waals surface area (Å²) in [5, 5.41) is 18.6. The molecule has 3 nitrogen and oxygen atoms in total. The van der Waals surface area contributed by atoms with Gasteiger partial charge in [0.05, 0.1) is 0 Å². The molecule has 0 atom stereocenters. The summed E-state index contributed by atoms with van der Waals surface area (Å²) < 4.78 is 2.35. The number of fused-ring (bicyclic) bond motifs is 4. The minimum Gasteiger partial charge on any atom is -0.508 e. The van der Waals surface area contributed by atoms with Crippen LogP contribution in [0.5, 0.6) is 5.75 Å². The van der Waals surface area contributed by atoms with Crippen molar-refractivity contribution in [2.24, 2.45) is 0 Å². The molecule has 0 aliphatic heterocycles. The monoisotopic (exact) mass is 366 g/mol. The molecule has 0 saturated carbocycles. The maximum Gasteiger partial charge on any atom is 0.121 e. The number of phenols is 1. The molecule has 5 aromatic rings. The van der Waals surface area contributed by atoms with Crippen LogP contribution in [0.15, 0.2) is 78.9 Å². The second kappa shape index (κ2) is 6.61. The van der Waals surface area contributed by atoms with Crippen LogP contribution in [0, 0.1) is 0 Å². The largest absolute Gasteiger partial charge is 0.508 e.